The zero-order chi connectivity index (χ0) is 13.4. The second kappa shape index (κ2) is 8.16. The Morgan fingerprint density at radius 1 is 1.17 bits per heavy atom. The van der Waals surface area contributed by atoms with E-state index >= 15 is 0 Å². The maximum Gasteiger partial charge on any atom is 0.0940 e. The Balaban J connectivity index is 2.44. The maximum atomic E-state index is 10.5. The summed E-state index contributed by atoms with van der Waals surface area (Å²) in [6, 6.07) is 0. The number of rotatable bonds is 8. The highest BCUT2D eigenvalue weighted by molar-refractivity contribution is 4.92. The number of unbranched alkanes of at least 4 members (excludes halogenated alkanes) is 3. The summed E-state index contributed by atoms with van der Waals surface area (Å²) in [6.07, 6.45) is 10.0. The predicted molar refractivity (Wildman–Crippen MR) is 76.8 cm³/mol. The van der Waals surface area contributed by atoms with Gasteiger partial charge in [0.1, 0.15) is 0 Å². The van der Waals surface area contributed by atoms with Crippen molar-refractivity contribution in [2.24, 2.45) is 5.92 Å². The molecule has 0 radical (unpaired) electrons. The molecule has 1 fully saturated rings. The zero-order valence-electron chi connectivity index (χ0n) is 12.6. The normalized spacial score (nSPS) is 30.3. The van der Waals surface area contributed by atoms with Crippen molar-refractivity contribution >= 4 is 0 Å². The van der Waals surface area contributed by atoms with E-state index in [-0.39, 0.29) is 11.7 Å². The van der Waals surface area contributed by atoms with Crippen LogP contribution in [-0.4, -0.2) is 23.4 Å². The third kappa shape index (κ3) is 4.55. The molecule has 1 rings (SSSR count). The van der Waals surface area contributed by atoms with Crippen LogP contribution in [0.4, 0.5) is 0 Å². The maximum absolute atomic E-state index is 10.5. The largest absolute Gasteiger partial charge is 0.390 e. The molecule has 0 bridgehead atoms. The van der Waals surface area contributed by atoms with Gasteiger partial charge in [-0.25, -0.2) is 0 Å². The number of aliphatic hydroxyl groups excluding tert-OH is 1. The molecule has 1 aliphatic rings. The van der Waals surface area contributed by atoms with Gasteiger partial charge < -0.3 is 9.84 Å². The van der Waals surface area contributed by atoms with Crippen molar-refractivity contribution in [3.63, 3.8) is 0 Å². The van der Waals surface area contributed by atoms with E-state index in [1.54, 1.807) is 0 Å². The van der Waals surface area contributed by atoms with Crippen molar-refractivity contribution in [2.45, 2.75) is 90.3 Å². The molecule has 1 saturated carbocycles. The van der Waals surface area contributed by atoms with Gasteiger partial charge in [0.15, 0.2) is 0 Å². The molecule has 1 atom stereocenters. The van der Waals surface area contributed by atoms with E-state index in [9.17, 15) is 5.11 Å². The second-order valence-corrected chi connectivity index (χ2v) is 6.05. The van der Waals surface area contributed by atoms with Crippen LogP contribution in [0.2, 0.25) is 0 Å². The van der Waals surface area contributed by atoms with Gasteiger partial charge in [-0.15, -0.1) is 0 Å². The second-order valence-electron chi connectivity index (χ2n) is 6.05. The van der Waals surface area contributed by atoms with Gasteiger partial charge in [0, 0.05) is 6.61 Å². The van der Waals surface area contributed by atoms with Gasteiger partial charge in [-0.1, -0.05) is 39.5 Å². The molecule has 2 heteroatoms. The smallest absolute Gasteiger partial charge is 0.0940 e. The van der Waals surface area contributed by atoms with E-state index in [1.807, 2.05) is 6.92 Å². The lowest BCUT2D eigenvalue weighted by atomic mass is 9.75. The number of aliphatic hydroxyl groups is 1. The fourth-order valence-corrected chi connectivity index (χ4v) is 3.14. The molecule has 1 unspecified atom stereocenters. The Labute approximate surface area is 113 Å². The fraction of sp³-hybridized carbons (Fsp3) is 1.00. The third-order valence-corrected chi connectivity index (χ3v) is 4.49. The van der Waals surface area contributed by atoms with Crippen LogP contribution >= 0.6 is 0 Å². The van der Waals surface area contributed by atoms with Gasteiger partial charge in [0.2, 0.25) is 0 Å². The Morgan fingerprint density at radius 2 is 1.83 bits per heavy atom. The van der Waals surface area contributed by atoms with Crippen LogP contribution in [-0.2, 0) is 4.74 Å². The molecule has 18 heavy (non-hydrogen) atoms. The first kappa shape index (κ1) is 16.0. The van der Waals surface area contributed by atoms with Crippen LogP contribution < -0.4 is 0 Å². The molecule has 0 heterocycles. The van der Waals surface area contributed by atoms with Crippen LogP contribution in [0.3, 0.4) is 0 Å². The van der Waals surface area contributed by atoms with Crippen molar-refractivity contribution in [1.29, 1.82) is 0 Å². The van der Waals surface area contributed by atoms with Gasteiger partial charge in [0.05, 0.1) is 11.7 Å². The minimum atomic E-state index is -0.262. The summed E-state index contributed by atoms with van der Waals surface area (Å²) >= 11 is 0. The summed E-state index contributed by atoms with van der Waals surface area (Å²) in [6.45, 7) is 7.30. The predicted octanol–water partition coefficient (Wildman–Crippen LogP) is 4.30. The van der Waals surface area contributed by atoms with Crippen LogP contribution in [0, 0.1) is 5.92 Å². The zero-order valence-corrected chi connectivity index (χ0v) is 12.6. The minimum absolute atomic E-state index is 0.229. The van der Waals surface area contributed by atoms with E-state index in [4.69, 9.17) is 4.74 Å². The molecule has 1 N–H and O–H groups in total. The molecule has 108 valence electrons. The Hall–Kier alpha value is -0.0800. The van der Waals surface area contributed by atoms with Gasteiger partial charge in [-0.05, 0) is 44.9 Å². The van der Waals surface area contributed by atoms with Crippen LogP contribution in [0.5, 0.6) is 0 Å². The molecule has 0 aromatic heterocycles. The molecule has 1 aliphatic carbocycles. The standard InChI is InChI=1S/C16H32O2/c1-4-6-7-8-9-15(17)16(18-5-2)12-10-14(3)11-13-16/h14-15,17H,4-13H2,1-3H3. The molecule has 0 aromatic carbocycles. The third-order valence-electron chi connectivity index (χ3n) is 4.49. The van der Waals surface area contributed by atoms with Gasteiger partial charge in [-0.3, -0.25) is 0 Å². The number of ether oxygens (including phenoxy) is 1. The summed E-state index contributed by atoms with van der Waals surface area (Å²) in [5, 5.41) is 10.5. The highest BCUT2D eigenvalue weighted by Gasteiger charge is 2.40. The van der Waals surface area contributed by atoms with Crippen LogP contribution in [0.1, 0.15) is 78.6 Å². The molecule has 0 amide bonds. The summed E-state index contributed by atoms with van der Waals surface area (Å²) in [7, 11) is 0. The topological polar surface area (TPSA) is 29.5 Å². The van der Waals surface area contributed by atoms with E-state index in [0.717, 1.165) is 38.2 Å². The SMILES string of the molecule is CCCCCCC(O)C1(OCC)CCC(C)CC1. The molecular formula is C16H32O2. The monoisotopic (exact) mass is 256 g/mol. The molecule has 2 nitrogen and oxygen atoms in total. The van der Waals surface area contributed by atoms with Crippen molar-refractivity contribution in [3.8, 4) is 0 Å². The van der Waals surface area contributed by atoms with Crippen molar-refractivity contribution < 1.29 is 9.84 Å². The van der Waals surface area contributed by atoms with Gasteiger partial charge in [-0.2, -0.15) is 0 Å². The number of hydrogen-bond acceptors (Lipinski definition) is 2. The Bertz CT molecular complexity index is 207. The lowest BCUT2D eigenvalue weighted by molar-refractivity contribution is -0.146. The van der Waals surface area contributed by atoms with E-state index < -0.39 is 0 Å². The summed E-state index contributed by atoms with van der Waals surface area (Å²) in [5.41, 5.74) is -0.229. The van der Waals surface area contributed by atoms with E-state index in [2.05, 4.69) is 13.8 Å². The first-order valence-corrected chi connectivity index (χ1v) is 7.96. The van der Waals surface area contributed by atoms with Crippen molar-refractivity contribution in [3.05, 3.63) is 0 Å². The van der Waals surface area contributed by atoms with E-state index in [0.29, 0.717) is 0 Å². The lowest BCUT2D eigenvalue weighted by Gasteiger charge is -2.42. The van der Waals surface area contributed by atoms with Crippen LogP contribution in [0.25, 0.3) is 0 Å². The lowest BCUT2D eigenvalue weighted by Crippen LogP contribution is -2.47. The average Bonchev–Trinajstić information content (AvgIpc) is 2.37. The van der Waals surface area contributed by atoms with Crippen molar-refractivity contribution in [1.82, 2.24) is 0 Å². The first-order valence-electron chi connectivity index (χ1n) is 7.96. The summed E-state index contributed by atoms with van der Waals surface area (Å²) < 4.78 is 5.99. The first-order chi connectivity index (χ1) is 8.64. The molecule has 0 spiro atoms. The summed E-state index contributed by atoms with van der Waals surface area (Å²) in [5.74, 6) is 0.797. The molecule has 0 aromatic rings. The highest BCUT2D eigenvalue weighted by atomic mass is 16.5. The molecule has 0 aliphatic heterocycles. The highest BCUT2D eigenvalue weighted by Crippen LogP contribution is 2.38. The Kier molecular flexibility index (Phi) is 7.25. The quantitative estimate of drug-likeness (QED) is 0.656. The average molecular weight is 256 g/mol. The van der Waals surface area contributed by atoms with Gasteiger partial charge in [0.25, 0.3) is 0 Å². The summed E-state index contributed by atoms with van der Waals surface area (Å²) in [4.78, 5) is 0. The minimum Gasteiger partial charge on any atom is -0.390 e. The van der Waals surface area contributed by atoms with Crippen molar-refractivity contribution in [2.75, 3.05) is 6.61 Å². The Morgan fingerprint density at radius 3 is 2.39 bits per heavy atom. The van der Waals surface area contributed by atoms with Crippen LogP contribution in [0.15, 0.2) is 0 Å². The van der Waals surface area contributed by atoms with Gasteiger partial charge >= 0.3 is 0 Å². The molecular weight excluding hydrogens is 224 g/mol. The van der Waals surface area contributed by atoms with E-state index in [1.165, 1.54) is 32.1 Å². The number of hydrogen-bond donors (Lipinski definition) is 1. The molecule has 0 saturated heterocycles. The fourth-order valence-electron chi connectivity index (χ4n) is 3.14.